The first kappa shape index (κ1) is 20.5. The Morgan fingerprint density at radius 1 is 1.08 bits per heavy atom. The number of benzene rings is 1. The topological polar surface area (TPSA) is 49.7 Å². The summed E-state index contributed by atoms with van der Waals surface area (Å²) >= 11 is 0. The lowest BCUT2D eigenvalue weighted by Gasteiger charge is -2.29. The monoisotopic (exact) mass is 374 g/mol. The maximum atomic E-state index is 14.4. The lowest BCUT2D eigenvalue weighted by Crippen LogP contribution is -2.15. The zero-order valence-electron chi connectivity index (χ0n) is 14.9. The summed E-state index contributed by atoms with van der Waals surface area (Å²) in [6, 6.07) is 3.08. The summed E-state index contributed by atoms with van der Waals surface area (Å²) in [7, 11) is -2.08. The molecule has 0 amide bonds. The molecule has 2 rings (SSSR count). The predicted octanol–water partition coefficient (Wildman–Crippen LogP) is 5.49. The molecule has 0 heterocycles. The van der Waals surface area contributed by atoms with Gasteiger partial charge in [-0.05, 0) is 49.1 Å². The second kappa shape index (κ2) is 10.4. The third-order valence-electron chi connectivity index (χ3n) is 5.13. The standard InChI is InChI=1S/C19H29F2O3P/c1-2-3-4-5-14-6-8-15(9-7-14)16-10-11-17(19(21)18(16)20)24-12-13-25(22)23/h10-11,14-15,22-23H,2-9,12-13H2,1H3. The normalized spacial score (nSPS) is 20.9. The van der Waals surface area contributed by atoms with Crippen molar-refractivity contribution < 1.29 is 23.3 Å². The van der Waals surface area contributed by atoms with Crippen LogP contribution in [0.25, 0.3) is 0 Å². The van der Waals surface area contributed by atoms with E-state index in [-0.39, 0.29) is 24.4 Å². The molecule has 0 saturated heterocycles. The van der Waals surface area contributed by atoms with Crippen molar-refractivity contribution in [3.63, 3.8) is 0 Å². The van der Waals surface area contributed by atoms with Crippen molar-refractivity contribution in [3.8, 4) is 5.75 Å². The number of halogens is 2. The Balaban J connectivity index is 1.91. The minimum atomic E-state index is -2.08. The molecular formula is C19H29F2O3P. The van der Waals surface area contributed by atoms with Gasteiger partial charge in [0, 0.05) is 0 Å². The molecule has 1 saturated carbocycles. The van der Waals surface area contributed by atoms with Gasteiger partial charge in [0.2, 0.25) is 5.82 Å². The van der Waals surface area contributed by atoms with Gasteiger partial charge in [0.05, 0.1) is 12.8 Å². The highest BCUT2D eigenvalue weighted by Gasteiger charge is 2.26. The Morgan fingerprint density at radius 3 is 2.44 bits per heavy atom. The molecule has 1 aliphatic rings. The van der Waals surface area contributed by atoms with E-state index in [0.717, 1.165) is 31.6 Å². The van der Waals surface area contributed by atoms with Crippen LogP contribution < -0.4 is 4.74 Å². The quantitative estimate of drug-likeness (QED) is 0.444. The lowest BCUT2D eigenvalue weighted by atomic mass is 9.77. The summed E-state index contributed by atoms with van der Waals surface area (Å²) in [5.74, 6) is -1.14. The van der Waals surface area contributed by atoms with Gasteiger partial charge in [0.15, 0.2) is 19.9 Å². The second-order valence-corrected chi connectivity index (χ2v) is 8.13. The van der Waals surface area contributed by atoms with Crippen LogP contribution in [-0.4, -0.2) is 22.6 Å². The van der Waals surface area contributed by atoms with Gasteiger partial charge in [-0.2, -0.15) is 4.39 Å². The Morgan fingerprint density at radius 2 is 1.80 bits per heavy atom. The molecule has 25 heavy (non-hydrogen) atoms. The highest BCUT2D eigenvalue weighted by Crippen LogP contribution is 2.40. The smallest absolute Gasteiger partial charge is 0.200 e. The van der Waals surface area contributed by atoms with E-state index in [1.54, 1.807) is 6.07 Å². The second-order valence-electron chi connectivity index (χ2n) is 6.94. The van der Waals surface area contributed by atoms with Crippen LogP contribution in [0.2, 0.25) is 0 Å². The van der Waals surface area contributed by atoms with Crippen LogP contribution in [0.15, 0.2) is 12.1 Å². The van der Waals surface area contributed by atoms with Crippen LogP contribution in [-0.2, 0) is 0 Å². The van der Waals surface area contributed by atoms with Crippen molar-refractivity contribution in [2.75, 3.05) is 12.8 Å². The fraction of sp³-hybridized carbons (Fsp3) is 0.684. The zero-order chi connectivity index (χ0) is 18.2. The first-order valence-corrected chi connectivity index (χ1v) is 10.7. The molecule has 0 aromatic heterocycles. The van der Waals surface area contributed by atoms with E-state index in [2.05, 4.69) is 6.92 Å². The highest BCUT2D eigenvalue weighted by atomic mass is 31.2. The number of unbranched alkanes of at least 4 members (excludes halogenated alkanes) is 2. The largest absolute Gasteiger partial charge is 0.490 e. The van der Waals surface area contributed by atoms with Crippen molar-refractivity contribution in [1.82, 2.24) is 0 Å². The average Bonchev–Trinajstić information content (AvgIpc) is 2.59. The van der Waals surface area contributed by atoms with Crippen LogP contribution in [0.3, 0.4) is 0 Å². The lowest BCUT2D eigenvalue weighted by molar-refractivity contribution is 0.291. The van der Waals surface area contributed by atoms with Crippen LogP contribution in [0, 0.1) is 17.6 Å². The molecule has 0 bridgehead atoms. The molecule has 1 fully saturated rings. The summed E-state index contributed by atoms with van der Waals surface area (Å²) in [5, 5.41) is 0. The van der Waals surface area contributed by atoms with Crippen molar-refractivity contribution >= 4 is 8.38 Å². The summed E-state index contributed by atoms with van der Waals surface area (Å²) in [4.78, 5) is 17.7. The van der Waals surface area contributed by atoms with Gasteiger partial charge in [-0.15, -0.1) is 0 Å². The van der Waals surface area contributed by atoms with Crippen LogP contribution in [0.1, 0.15) is 69.8 Å². The molecule has 0 radical (unpaired) electrons. The SMILES string of the molecule is CCCCCC1CCC(c2ccc(OCCP(O)O)c(F)c2F)CC1. The molecular weight excluding hydrogens is 345 g/mol. The molecule has 2 N–H and O–H groups in total. The molecule has 0 aliphatic heterocycles. The van der Waals surface area contributed by atoms with Crippen molar-refractivity contribution in [1.29, 1.82) is 0 Å². The minimum absolute atomic E-state index is 0.0141. The van der Waals surface area contributed by atoms with Gasteiger partial charge in [0.1, 0.15) is 0 Å². The van der Waals surface area contributed by atoms with Gasteiger partial charge in [0.25, 0.3) is 0 Å². The van der Waals surface area contributed by atoms with Crippen molar-refractivity contribution in [2.45, 2.75) is 64.2 Å². The van der Waals surface area contributed by atoms with E-state index < -0.39 is 20.0 Å². The number of rotatable bonds is 9. The molecule has 1 aromatic carbocycles. The maximum absolute atomic E-state index is 14.4. The first-order valence-electron chi connectivity index (χ1n) is 9.28. The molecule has 0 atom stereocenters. The fourth-order valence-corrected chi connectivity index (χ4v) is 3.91. The third-order valence-corrected chi connectivity index (χ3v) is 5.71. The van der Waals surface area contributed by atoms with Crippen LogP contribution in [0.4, 0.5) is 8.78 Å². The Labute approximate surface area is 150 Å². The van der Waals surface area contributed by atoms with E-state index in [0.29, 0.717) is 5.56 Å². The van der Waals surface area contributed by atoms with Gasteiger partial charge < -0.3 is 14.5 Å². The summed E-state index contributed by atoms with van der Waals surface area (Å²) in [6.45, 7) is 2.16. The number of ether oxygens (including phenoxy) is 1. The molecule has 6 heteroatoms. The Hall–Kier alpha value is -0.770. The van der Waals surface area contributed by atoms with E-state index in [1.807, 2.05) is 0 Å². The maximum Gasteiger partial charge on any atom is 0.200 e. The number of hydrogen-bond donors (Lipinski definition) is 2. The number of hydrogen-bond acceptors (Lipinski definition) is 3. The Kier molecular flexibility index (Phi) is 8.54. The molecule has 3 nitrogen and oxygen atoms in total. The van der Waals surface area contributed by atoms with Crippen LogP contribution >= 0.6 is 8.38 Å². The predicted molar refractivity (Wildman–Crippen MR) is 96.9 cm³/mol. The summed E-state index contributed by atoms with van der Waals surface area (Å²) in [6.07, 6.45) is 9.03. The molecule has 0 spiro atoms. The summed E-state index contributed by atoms with van der Waals surface area (Å²) < 4.78 is 33.8. The average molecular weight is 374 g/mol. The van der Waals surface area contributed by atoms with Crippen molar-refractivity contribution in [3.05, 3.63) is 29.3 Å². The molecule has 1 aromatic rings. The van der Waals surface area contributed by atoms with Gasteiger partial charge in [-0.25, -0.2) is 4.39 Å². The highest BCUT2D eigenvalue weighted by molar-refractivity contribution is 7.45. The fourth-order valence-electron chi connectivity index (χ4n) is 3.66. The molecule has 142 valence electrons. The summed E-state index contributed by atoms with van der Waals surface area (Å²) in [5.41, 5.74) is 0.448. The Bertz CT molecular complexity index is 532. The molecule has 1 aliphatic carbocycles. The van der Waals surface area contributed by atoms with E-state index in [4.69, 9.17) is 14.5 Å². The zero-order valence-corrected chi connectivity index (χ0v) is 15.8. The van der Waals surface area contributed by atoms with Gasteiger partial charge in [-0.1, -0.05) is 38.7 Å². The van der Waals surface area contributed by atoms with Gasteiger partial charge in [-0.3, -0.25) is 0 Å². The van der Waals surface area contributed by atoms with Gasteiger partial charge >= 0.3 is 0 Å². The van der Waals surface area contributed by atoms with E-state index in [9.17, 15) is 8.78 Å². The van der Waals surface area contributed by atoms with Crippen molar-refractivity contribution in [2.24, 2.45) is 5.92 Å². The van der Waals surface area contributed by atoms with Crippen LogP contribution in [0.5, 0.6) is 5.75 Å². The van der Waals surface area contributed by atoms with E-state index in [1.165, 1.54) is 31.7 Å². The van der Waals surface area contributed by atoms with E-state index >= 15 is 0 Å². The first-order chi connectivity index (χ1) is 12.0. The minimum Gasteiger partial charge on any atom is -0.490 e. The third kappa shape index (κ3) is 6.16. The molecule has 0 unspecified atom stereocenters.